The molecule has 2 aromatic heterocycles. The smallest absolute Gasteiger partial charge is 0.257 e. The van der Waals surface area contributed by atoms with E-state index in [9.17, 15) is 4.79 Å². The third-order valence-corrected chi connectivity index (χ3v) is 5.99. The maximum absolute atomic E-state index is 12.4. The lowest BCUT2D eigenvalue weighted by molar-refractivity contribution is 0.0976. The van der Waals surface area contributed by atoms with Crippen LogP contribution in [0.3, 0.4) is 0 Å². The fourth-order valence-electron chi connectivity index (χ4n) is 2.88. The monoisotopic (exact) mass is 436 g/mol. The number of benzene rings is 2. The van der Waals surface area contributed by atoms with Gasteiger partial charge in [0.1, 0.15) is 5.01 Å². The summed E-state index contributed by atoms with van der Waals surface area (Å²) < 4.78 is 1.74. The molecule has 0 aliphatic carbocycles. The molecule has 0 saturated heterocycles. The number of carbonyl (C=O) groups excluding carboxylic acids is 1. The molecule has 0 unspecified atom stereocenters. The molecule has 1 amide bonds. The highest BCUT2D eigenvalue weighted by Crippen LogP contribution is 2.25. The number of nitrogens with one attached hydrogen (secondary N) is 2. The van der Waals surface area contributed by atoms with E-state index in [4.69, 9.17) is 12.2 Å². The second-order valence-corrected chi connectivity index (χ2v) is 8.35. The molecule has 0 bridgehead atoms. The molecule has 0 aliphatic heterocycles. The molecular weight excluding hydrogens is 416 g/mol. The summed E-state index contributed by atoms with van der Waals surface area (Å²) in [6, 6.07) is 13.6. The quantitative estimate of drug-likeness (QED) is 0.476. The molecule has 9 heteroatoms. The van der Waals surface area contributed by atoms with Gasteiger partial charge < -0.3 is 5.32 Å². The summed E-state index contributed by atoms with van der Waals surface area (Å²) in [5, 5.41) is 19.6. The van der Waals surface area contributed by atoms with Gasteiger partial charge in [-0.05, 0) is 61.8 Å². The lowest BCUT2D eigenvalue weighted by Crippen LogP contribution is -2.38. The van der Waals surface area contributed by atoms with E-state index >= 15 is 0 Å². The van der Waals surface area contributed by atoms with E-state index in [1.54, 1.807) is 10.6 Å². The molecule has 4 rings (SSSR count). The Kier molecular flexibility index (Phi) is 5.56. The van der Waals surface area contributed by atoms with Crippen molar-refractivity contribution in [1.82, 2.24) is 30.4 Å². The molecule has 0 spiro atoms. The van der Waals surface area contributed by atoms with Crippen molar-refractivity contribution in [1.29, 1.82) is 0 Å². The van der Waals surface area contributed by atoms with Crippen LogP contribution in [0.1, 0.15) is 32.9 Å². The average molecular weight is 437 g/mol. The molecular formula is C21H20N6OS2. The second-order valence-electron chi connectivity index (χ2n) is 6.98. The van der Waals surface area contributed by atoms with Crippen molar-refractivity contribution in [3.63, 3.8) is 0 Å². The highest BCUT2D eigenvalue weighted by Gasteiger charge is 2.11. The topological polar surface area (TPSA) is 84.2 Å². The molecule has 2 aromatic carbocycles. The van der Waals surface area contributed by atoms with Crippen LogP contribution in [0.4, 0.5) is 0 Å². The van der Waals surface area contributed by atoms with Crippen LogP contribution in [0.2, 0.25) is 0 Å². The zero-order valence-electron chi connectivity index (χ0n) is 16.8. The van der Waals surface area contributed by atoms with Crippen molar-refractivity contribution in [2.75, 3.05) is 0 Å². The second kappa shape index (κ2) is 8.29. The lowest BCUT2D eigenvalue weighted by Gasteiger charge is -2.11. The Morgan fingerprint density at radius 1 is 1.07 bits per heavy atom. The molecule has 30 heavy (non-hydrogen) atoms. The number of aromatic nitrogens is 4. The summed E-state index contributed by atoms with van der Waals surface area (Å²) in [4.78, 5) is 13.1. The van der Waals surface area contributed by atoms with Gasteiger partial charge in [-0.1, -0.05) is 41.7 Å². The van der Waals surface area contributed by atoms with Crippen LogP contribution in [0, 0.1) is 20.8 Å². The number of fused-ring (bicyclic) bond motifs is 1. The lowest BCUT2D eigenvalue weighted by atomic mass is 10.1. The summed E-state index contributed by atoms with van der Waals surface area (Å²) in [5.74, 6) is 0.550. The van der Waals surface area contributed by atoms with Gasteiger partial charge in [0.25, 0.3) is 5.91 Å². The van der Waals surface area contributed by atoms with Gasteiger partial charge in [-0.3, -0.25) is 10.1 Å². The van der Waals surface area contributed by atoms with E-state index in [0.717, 1.165) is 38.0 Å². The molecule has 2 N–H and O–H groups in total. The van der Waals surface area contributed by atoms with Gasteiger partial charge in [0.05, 0.1) is 0 Å². The number of nitrogens with zero attached hydrogens (tertiary/aromatic N) is 4. The minimum atomic E-state index is -0.218. The van der Waals surface area contributed by atoms with Gasteiger partial charge in [0.2, 0.25) is 4.96 Å². The fourth-order valence-corrected chi connectivity index (χ4v) is 3.94. The number of amides is 1. The van der Waals surface area contributed by atoms with E-state index < -0.39 is 0 Å². The Hall–Kier alpha value is -3.17. The van der Waals surface area contributed by atoms with E-state index in [2.05, 4.69) is 25.9 Å². The minimum Gasteiger partial charge on any atom is -0.358 e. The number of hydrogen-bond donors (Lipinski definition) is 2. The van der Waals surface area contributed by atoms with Gasteiger partial charge in [-0.25, -0.2) is 0 Å². The normalized spacial score (nSPS) is 10.9. The standard InChI is InChI=1S/C21H20N6OS2/c1-12-4-7-17(10-13(12)2)18(28)23-20(29)22-11-15-5-8-16(9-6-15)19-26-27-14(3)24-25-21(27)30-19/h4-10H,11H2,1-3H3,(H2,22,23,28,29). The Bertz CT molecular complexity index is 1240. The predicted octanol–water partition coefficient (Wildman–Crippen LogP) is 3.58. The SMILES string of the molecule is Cc1ccc(C(=O)NC(=S)NCc2ccc(-c3nn4c(C)nnc4s3)cc2)cc1C. The number of aryl methyl sites for hydroxylation is 3. The molecule has 0 radical (unpaired) electrons. The summed E-state index contributed by atoms with van der Waals surface area (Å²) in [6.45, 7) is 6.38. The number of rotatable bonds is 4. The first-order chi connectivity index (χ1) is 14.4. The summed E-state index contributed by atoms with van der Waals surface area (Å²) >= 11 is 6.76. The van der Waals surface area contributed by atoms with Crippen LogP contribution in [-0.4, -0.2) is 30.8 Å². The first kappa shape index (κ1) is 20.1. The van der Waals surface area contributed by atoms with Crippen LogP contribution >= 0.6 is 23.6 Å². The first-order valence-electron chi connectivity index (χ1n) is 9.35. The van der Waals surface area contributed by atoms with E-state index in [1.807, 2.05) is 57.2 Å². The Labute approximate surface area is 183 Å². The Balaban J connectivity index is 1.34. The van der Waals surface area contributed by atoms with Crippen LogP contribution in [-0.2, 0) is 6.54 Å². The first-order valence-corrected chi connectivity index (χ1v) is 10.6. The van der Waals surface area contributed by atoms with Crippen molar-refractivity contribution in [3.8, 4) is 10.6 Å². The molecule has 152 valence electrons. The highest BCUT2D eigenvalue weighted by atomic mass is 32.1. The highest BCUT2D eigenvalue weighted by molar-refractivity contribution is 7.80. The molecule has 0 saturated carbocycles. The minimum absolute atomic E-state index is 0.218. The molecule has 0 aliphatic rings. The molecule has 4 aromatic rings. The number of thiocarbonyl (C=S) groups is 1. The maximum atomic E-state index is 12.4. The van der Waals surface area contributed by atoms with Gasteiger partial charge in [0, 0.05) is 17.7 Å². The van der Waals surface area contributed by atoms with Crippen LogP contribution in [0.25, 0.3) is 15.5 Å². The van der Waals surface area contributed by atoms with Gasteiger partial charge in [0.15, 0.2) is 10.9 Å². The van der Waals surface area contributed by atoms with Crippen molar-refractivity contribution >= 4 is 39.5 Å². The molecule has 2 heterocycles. The maximum Gasteiger partial charge on any atom is 0.257 e. The summed E-state index contributed by atoms with van der Waals surface area (Å²) in [6.07, 6.45) is 0. The van der Waals surface area contributed by atoms with Crippen LogP contribution < -0.4 is 10.6 Å². The Morgan fingerprint density at radius 2 is 1.83 bits per heavy atom. The van der Waals surface area contributed by atoms with Crippen molar-refractivity contribution in [3.05, 3.63) is 70.5 Å². The van der Waals surface area contributed by atoms with E-state index in [-0.39, 0.29) is 5.91 Å². The third-order valence-electron chi connectivity index (χ3n) is 4.80. The van der Waals surface area contributed by atoms with Crippen molar-refractivity contribution in [2.45, 2.75) is 27.3 Å². The zero-order valence-corrected chi connectivity index (χ0v) is 18.4. The number of hydrogen-bond acceptors (Lipinski definition) is 6. The summed E-state index contributed by atoms with van der Waals surface area (Å²) in [5.41, 5.74) is 4.86. The van der Waals surface area contributed by atoms with Crippen LogP contribution in [0.5, 0.6) is 0 Å². The average Bonchev–Trinajstić information content (AvgIpc) is 3.31. The van der Waals surface area contributed by atoms with E-state index in [1.165, 1.54) is 11.3 Å². The molecule has 0 atom stereocenters. The molecule has 7 nitrogen and oxygen atoms in total. The van der Waals surface area contributed by atoms with E-state index in [0.29, 0.717) is 17.2 Å². The van der Waals surface area contributed by atoms with Crippen LogP contribution in [0.15, 0.2) is 42.5 Å². The van der Waals surface area contributed by atoms with Gasteiger partial charge >= 0.3 is 0 Å². The van der Waals surface area contributed by atoms with Gasteiger partial charge in [-0.2, -0.15) is 9.61 Å². The zero-order chi connectivity index (χ0) is 21.3. The third kappa shape index (κ3) is 4.22. The molecule has 0 fully saturated rings. The number of carbonyl (C=O) groups is 1. The van der Waals surface area contributed by atoms with Gasteiger partial charge in [-0.15, -0.1) is 10.2 Å². The fraction of sp³-hybridized carbons (Fsp3) is 0.190. The summed E-state index contributed by atoms with van der Waals surface area (Å²) in [7, 11) is 0. The van der Waals surface area contributed by atoms with Crippen molar-refractivity contribution < 1.29 is 4.79 Å². The largest absolute Gasteiger partial charge is 0.358 e. The predicted molar refractivity (Wildman–Crippen MR) is 122 cm³/mol. The van der Waals surface area contributed by atoms with Crippen molar-refractivity contribution in [2.24, 2.45) is 0 Å². The Morgan fingerprint density at radius 3 is 2.53 bits per heavy atom.